The maximum absolute atomic E-state index is 11.4. The minimum atomic E-state index is -0.309. The number of aryl methyl sites for hydroxylation is 2. The quantitative estimate of drug-likeness (QED) is 0.232. The molecule has 0 unspecified atom stereocenters. The van der Waals surface area contributed by atoms with Crippen LogP contribution in [-0.2, 0) is 27.2 Å². The summed E-state index contributed by atoms with van der Waals surface area (Å²) in [7, 11) is 0. The van der Waals surface area contributed by atoms with Gasteiger partial charge in [-0.3, -0.25) is 9.59 Å². The molecule has 0 saturated carbocycles. The average Bonchev–Trinajstić information content (AvgIpc) is 2.75. The second-order valence-electron chi connectivity index (χ2n) is 9.47. The van der Waals surface area contributed by atoms with Gasteiger partial charge in [0.15, 0.2) is 0 Å². The van der Waals surface area contributed by atoms with Gasteiger partial charge in [-0.1, -0.05) is 12.1 Å². The number of benzene rings is 2. The van der Waals surface area contributed by atoms with Crippen LogP contribution in [0.3, 0.4) is 0 Å². The van der Waals surface area contributed by atoms with Crippen molar-refractivity contribution in [2.45, 2.75) is 82.1 Å². The maximum atomic E-state index is 11.4. The highest BCUT2D eigenvalue weighted by Crippen LogP contribution is 2.31. The van der Waals surface area contributed by atoms with Crippen LogP contribution in [-0.4, -0.2) is 11.9 Å². The Hall–Kier alpha value is -3.34. The molecule has 0 heterocycles. The first-order valence-electron chi connectivity index (χ1n) is 11.8. The van der Waals surface area contributed by atoms with Crippen LogP contribution in [0.4, 0.5) is 0 Å². The molecule has 5 nitrogen and oxygen atoms in total. The van der Waals surface area contributed by atoms with E-state index in [-0.39, 0.29) is 11.9 Å². The van der Waals surface area contributed by atoms with Gasteiger partial charge in [0.2, 0.25) is 0 Å². The first-order chi connectivity index (χ1) is 16.3. The molecule has 0 bridgehead atoms. The number of carbonyl (C=O) groups is 2. The number of hydrogen-bond donors (Lipinski definition) is 0. The van der Waals surface area contributed by atoms with Gasteiger partial charge >= 0.3 is 11.9 Å². The van der Waals surface area contributed by atoms with Crippen molar-refractivity contribution in [2.75, 3.05) is 0 Å². The topological polar surface area (TPSA) is 61.8 Å². The molecule has 5 heteroatoms. The van der Waals surface area contributed by atoms with Crippen LogP contribution in [0.15, 0.2) is 35.8 Å². The van der Waals surface area contributed by atoms with Crippen LogP contribution in [0.2, 0.25) is 0 Å². The zero-order valence-corrected chi connectivity index (χ0v) is 22.8. The fourth-order valence-electron chi connectivity index (χ4n) is 4.20. The Labute approximate surface area is 209 Å². The second-order valence-corrected chi connectivity index (χ2v) is 9.47. The van der Waals surface area contributed by atoms with Gasteiger partial charge in [0.25, 0.3) is 0 Å². The smallest absolute Gasteiger partial charge is 0.308 e. The minimum absolute atomic E-state index is 0.309. The van der Waals surface area contributed by atoms with Crippen molar-refractivity contribution in [3.8, 4) is 11.5 Å². The van der Waals surface area contributed by atoms with Crippen LogP contribution >= 0.6 is 0 Å². The fourth-order valence-corrected chi connectivity index (χ4v) is 4.20. The van der Waals surface area contributed by atoms with Crippen molar-refractivity contribution < 1.29 is 23.8 Å². The number of esters is 2. The van der Waals surface area contributed by atoms with Crippen molar-refractivity contribution in [3.05, 3.63) is 80.3 Å². The molecule has 0 aromatic heterocycles. The Balaban J connectivity index is 2.12. The molecule has 2 aromatic rings. The van der Waals surface area contributed by atoms with Gasteiger partial charge in [-0.25, -0.2) is 0 Å². The molecular weight excluding hydrogens is 440 g/mol. The first-order valence-corrected chi connectivity index (χ1v) is 11.8. The maximum Gasteiger partial charge on any atom is 0.308 e. The Morgan fingerprint density at radius 3 is 1.29 bits per heavy atom. The van der Waals surface area contributed by atoms with E-state index in [0.29, 0.717) is 11.5 Å². The molecule has 35 heavy (non-hydrogen) atoms. The molecule has 0 fully saturated rings. The van der Waals surface area contributed by atoms with Gasteiger partial charge in [0.1, 0.15) is 11.5 Å². The molecule has 0 atom stereocenters. The Kier molecular flexibility index (Phi) is 9.47. The molecule has 0 aliphatic heterocycles. The van der Waals surface area contributed by atoms with Crippen LogP contribution < -0.4 is 9.47 Å². The van der Waals surface area contributed by atoms with E-state index in [4.69, 9.17) is 14.2 Å². The van der Waals surface area contributed by atoms with E-state index in [2.05, 4.69) is 12.1 Å². The van der Waals surface area contributed by atoms with Gasteiger partial charge in [0.05, 0.1) is 12.5 Å². The summed E-state index contributed by atoms with van der Waals surface area (Å²) in [6.45, 7) is 18.9. The van der Waals surface area contributed by atoms with Crippen LogP contribution in [0.1, 0.15) is 72.2 Å². The number of rotatable bonds is 8. The summed E-state index contributed by atoms with van der Waals surface area (Å²) >= 11 is 0. The molecule has 0 N–H and O–H groups in total. The molecule has 0 spiro atoms. The molecule has 0 aliphatic rings. The van der Waals surface area contributed by atoms with Crippen LogP contribution in [0.5, 0.6) is 11.5 Å². The summed E-state index contributed by atoms with van der Waals surface area (Å²) in [5.41, 5.74) is 10.6. The van der Waals surface area contributed by atoms with Crippen molar-refractivity contribution in [1.82, 2.24) is 0 Å². The van der Waals surface area contributed by atoms with Crippen molar-refractivity contribution in [1.29, 1.82) is 0 Å². The first kappa shape index (κ1) is 27.9. The molecule has 2 aromatic carbocycles. The normalized spacial score (nSPS) is 11.9. The Morgan fingerprint density at radius 1 is 0.629 bits per heavy atom. The molecule has 188 valence electrons. The van der Waals surface area contributed by atoms with Crippen molar-refractivity contribution >= 4 is 11.9 Å². The van der Waals surface area contributed by atoms with E-state index in [1.165, 1.54) is 25.0 Å². The van der Waals surface area contributed by atoms with Crippen LogP contribution in [0.25, 0.3) is 0 Å². The number of carbonyl (C=O) groups excluding carboxylic acids is 2. The van der Waals surface area contributed by atoms with Crippen LogP contribution in [0, 0.1) is 41.5 Å². The van der Waals surface area contributed by atoms with Crippen molar-refractivity contribution in [2.24, 2.45) is 0 Å². The third-order valence-corrected chi connectivity index (χ3v) is 6.24. The Morgan fingerprint density at radius 2 is 0.971 bits per heavy atom. The van der Waals surface area contributed by atoms with Gasteiger partial charge in [-0.15, -0.1) is 0 Å². The number of allylic oxidation sites excluding steroid dienone is 2. The predicted molar refractivity (Wildman–Crippen MR) is 140 cm³/mol. The lowest BCUT2D eigenvalue weighted by atomic mass is 9.94. The van der Waals surface area contributed by atoms with E-state index < -0.39 is 0 Å². The number of hydrogen-bond acceptors (Lipinski definition) is 5. The standard InChI is InChI=1S/C30H38O5/c1-17(11-27-13-19(3)29(34-25(9)31)23(7)21(27)5)15-33-16-18(2)12-28-14-20(4)30(35-26(10)32)24(8)22(28)6/h13-16H,11-12H2,1-10H3. The molecule has 0 amide bonds. The fraction of sp³-hybridized carbons (Fsp3) is 0.400. The van der Waals surface area contributed by atoms with Gasteiger partial charge in [-0.05, 0) is 124 Å². The summed E-state index contributed by atoms with van der Waals surface area (Å²) in [6, 6.07) is 4.15. The average molecular weight is 479 g/mol. The predicted octanol–water partition coefficient (Wildman–Crippen LogP) is 7.00. The highest BCUT2D eigenvalue weighted by atomic mass is 16.5. The van der Waals surface area contributed by atoms with Gasteiger partial charge in [0, 0.05) is 13.8 Å². The lowest BCUT2D eigenvalue weighted by Gasteiger charge is -2.16. The van der Waals surface area contributed by atoms with E-state index in [0.717, 1.165) is 57.4 Å². The largest absolute Gasteiger partial charge is 0.473 e. The summed E-state index contributed by atoms with van der Waals surface area (Å²) in [6.07, 6.45) is 5.05. The highest BCUT2D eigenvalue weighted by Gasteiger charge is 2.15. The van der Waals surface area contributed by atoms with Crippen molar-refractivity contribution in [3.63, 3.8) is 0 Å². The minimum Gasteiger partial charge on any atom is -0.473 e. The molecule has 0 radical (unpaired) electrons. The van der Waals surface area contributed by atoms with E-state index in [9.17, 15) is 9.59 Å². The summed E-state index contributed by atoms with van der Waals surface area (Å²) in [4.78, 5) is 22.8. The van der Waals surface area contributed by atoms with E-state index in [1.54, 1.807) is 12.5 Å². The van der Waals surface area contributed by atoms with E-state index in [1.807, 2.05) is 55.4 Å². The summed E-state index contributed by atoms with van der Waals surface area (Å²) in [5.74, 6) is 0.681. The summed E-state index contributed by atoms with van der Waals surface area (Å²) < 4.78 is 16.6. The third-order valence-electron chi connectivity index (χ3n) is 6.24. The molecule has 0 saturated heterocycles. The highest BCUT2D eigenvalue weighted by molar-refractivity contribution is 5.71. The SMILES string of the molecule is CC(=O)Oc1c(C)cc(CC(C)=COC=C(C)Cc2cc(C)c(OC(C)=O)c(C)c2C)c(C)c1C. The second kappa shape index (κ2) is 11.9. The summed E-state index contributed by atoms with van der Waals surface area (Å²) in [5, 5.41) is 0. The zero-order valence-electron chi connectivity index (χ0n) is 22.8. The monoisotopic (exact) mass is 478 g/mol. The lowest BCUT2D eigenvalue weighted by molar-refractivity contribution is -0.132. The zero-order chi connectivity index (χ0) is 26.4. The number of ether oxygens (including phenoxy) is 3. The molecular formula is C30H38O5. The molecule has 2 rings (SSSR count). The Bertz CT molecular complexity index is 1100. The lowest BCUT2D eigenvalue weighted by Crippen LogP contribution is -2.07. The molecule has 0 aliphatic carbocycles. The van der Waals surface area contributed by atoms with E-state index >= 15 is 0 Å². The third kappa shape index (κ3) is 7.32. The van der Waals surface area contributed by atoms with Gasteiger partial charge < -0.3 is 14.2 Å². The van der Waals surface area contributed by atoms with Gasteiger partial charge in [-0.2, -0.15) is 0 Å².